The van der Waals surface area contributed by atoms with Gasteiger partial charge in [0, 0.05) is 0 Å². The van der Waals surface area contributed by atoms with Crippen molar-refractivity contribution in [3.63, 3.8) is 0 Å². The van der Waals surface area contributed by atoms with Crippen molar-refractivity contribution in [2.24, 2.45) is 0 Å². The Hall–Kier alpha value is 0.849. The molecule has 0 aliphatic carbocycles. The zero-order chi connectivity index (χ0) is 6.41. The second-order valence-electron chi connectivity index (χ2n) is 0.941. The van der Waals surface area contributed by atoms with E-state index in [2.05, 4.69) is 7.13 Å². The van der Waals surface area contributed by atoms with Gasteiger partial charge < -0.3 is 0 Å². The van der Waals surface area contributed by atoms with Gasteiger partial charge in [0.15, 0.2) is 0 Å². The van der Waals surface area contributed by atoms with Gasteiger partial charge in [0.2, 0.25) is 0 Å². The fourth-order valence-corrected chi connectivity index (χ4v) is 2.18. The zero-order valence-corrected chi connectivity index (χ0v) is 9.39. The number of carbonyl (C=O) groups is 1. The van der Waals surface area contributed by atoms with Crippen LogP contribution in [-0.2, 0) is 0 Å². The molecule has 0 aliphatic heterocycles. The van der Waals surface area contributed by atoms with Gasteiger partial charge in [-0.25, -0.2) is 0 Å². The van der Waals surface area contributed by atoms with Crippen molar-refractivity contribution in [1.82, 2.24) is 7.13 Å². The van der Waals surface area contributed by atoms with Gasteiger partial charge in [-0.2, -0.15) is 0 Å². The van der Waals surface area contributed by atoms with Crippen LogP contribution in [0.2, 0.25) is 9.94 Å². The van der Waals surface area contributed by atoms with Gasteiger partial charge in [-0.1, -0.05) is 0 Å². The van der Waals surface area contributed by atoms with Crippen LogP contribution in [0.25, 0.3) is 0 Å². The predicted molar refractivity (Wildman–Crippen MR) is 34.9 cm³/mol. The molecule has 0 spiro atoms. The number of carbonyl (C=O) groups excluding carboxylic acids is 1. The summed E-state index contributed by atoms with van der Waals surface area (Å²) in [7, 11) is 0. The van der Waals surface area contributed by atoms with Gasteiger partial charge >= 0.3 is 70.3 Å². The number of nitrogens with one attached hydrogen (secondary N) is 2. The average molecular weight is 343 g/mol. The zero-order valence-electron chi connectivity index (χ0n) is 4.72. The Morgan fingerprint density at radius 3 is 1.88 bits per heavy atom. The van der Waals surface area contributed by atoms with Crippen molar-refractivity contribution >= 4 is 48.4 Å². The minimum absolute atomic E-state index is 0.0276. The van der Waals surface area contributed by atoms with Crippen LogP contribution in [0.3, 0.4) is 0 Å². The minimum atomic E-state index is -0.231. The third kappa shape index (κ3) is 5.00. The third-order valence-electron chi connectivity index (χ3n) is 0.390. The summed E-state index contributed by atoms with van der Waals surface area (Å²) in [4.78, 5) is 14.5. The maximum atomic E-state index is 10.5. The van der Waals surface area contributed by atoms with Crippen LogP contribution >= 0.6 is 0 Å². The molecule has 0 bridgehead atoms. The van der Waals surface area contributed by atoms with E-state index in [-0.39, 0.29) is 48.4 Å². The van der Waals surface area contributed by atoms with Crippen molar-refractivity contribution in [1.29, 1.82) is 0 Å². The average Bonchev–Trinajstić information content (AvgIpc) is 1.68. The summed E-state index contributed by atoms with van der Waals surface area (Å²) >= 11 is -0.462. The molecule has 48 valence electrons. The van der Waals surface area contributed by atoms with E-state index in [9.17, 15) is 4.79 Å². The van der Waals surface area contributed by atoms with Crippen molar-refractivity contribution in [2.75, 3.05) is 0 Å². The molecule has 0 fully saturated rings. The predicted octanol–water partition coefficient (Wildman–Crippen LogP) is -0.380. The summed E-state index contributed by atoms with van der Waals surface area (Å²) in [6.45, 7) is 0. The standard InChI is InChI=1S/C3H8N2OTe2/c1-7-4-3(6)5-8-2/h1-2H3,(H2,4,5,6). The molecule has 0 atom stereocenters. The number of urea groups is 1. The van der Waals surface area contributed by atoms with Crippen LogP contribution in [0.4, 0.5) is 4.79 Å². The first-order valence-electron chi connectivity index (χ1n) is 1.93. The Morgan fingerprint density at radius 2 is 1.62 bits per heavy atom. The molecule has 0 aromatic rings. The number of hydrogen-bond donors (Lipinski definition) is 2. The summed E-state index contributed by atoms with van der Waals surface area (Å²) in [6, 6.07) is 0.0276. The number of hydrogen-bond acceptors (Lipinski definition) is 1. The van der Waals surface area contributed by atoms with E-state index in [1.54, 1.807) is 0 Å². The molecule has 2 N–H and O–H groups in total. The molecule has 2 amide bonds. The Balaban J connectivity index is 3.06. The molecule has 5 heteroatoms. The fourth-order valence-electron chi connectivity index (χ4n) is 0.206. The van der Waals surface area contributed by atoms with Crippen LogP contribution in [-0.4, -0.2) is 48.4 Å². The molecule has 0 aromatic carbocycles. The molecule has 0 unspecified atom stereocenters. The molecule has 0 saturated heterocycles. The van der Waals surface area contributed by atoms with Crippen LogP contribution < -0.4 is 7.13 Å². The van der Waals surface area contributed by atoms with Gasteiger partial charge in [-0.05, 0) is 0 Å². The molecular weight excluding hydrogens is 335 g/mol. The van der Waals surface area contributed by atoms with E-state index in [1.165, 1.54) is 0 Å². The van der Waals surface area contributed by atoms with E-state index in [0.717, 1.165) is 0 Å². The van der Waals surface area contributed by atoms with Gasteiger partial charge in [-0.15, -0.1) is 0 Å². The third-order valence-corrected chi connectivity index (χ3v) is 2.61. The van der Waals surface area contributed by atoms with Crippen molar-refractivity contribution < 1.29 is 4.79 Å². The van der Waals surface area contributed by atoms with Crippen molar-refractivity contribution in [2.45, 2.75) is 9.94 Å². The molecule has 0 heterocycles. The van der Waals surface area contributed by atoms with E-state index in [4.69, 9.17) is 0 Å². The van der Waals surface area contributed by atoms with Crippen molar-refractivity contribution in [3.05, 3.63) is 0 Å². The molecule has 0 rings (SSSR count). The normalized spacial score (nSPS) is 8.25. The Bertz CT molecular complexity index is 69.7. The maximum absolute atomic E-state index is 10.5. The van der Waals surface area contributed by atoms with Crippen LogP contribution in [0.15, 0.2) is 0 Å². The van der Waals surface area contributed by atoms with Gasteiger partial charge in [-0.3, -0.25) is 0 Å². The molecule has 3 nitrogen and oxygen atoms in total. The second-order valence-corrected chi connectivity index (χ2v) is 4.44. The quantitative estimate of drug-likeness (QED) is 0.660. The van der Waals surface area contributed by atoms with Crippen LogP contribution in [0.5, 0.6) is 0 Å². The first-order chi connectivity index (χ1) is 3.81. The second kappa shape index (κ2) is 5.98. The van der Waals surface area contributed by atoms with Gasteiger partial charge in [0.25, 0.3) is 0 Å². The van der Waals surface area contributed by atoms with E-state index >= 15 is 0 Å². The fraction of sp³-hybridized carbons (Fsp3) is 0.667. The molecular formula is C3H8N2OTe2. The van der Waals surface area contributed by atoms with Gasteiger partial charge in [0.1, 0.15) is 0 Å². The van der Waals surface area contributed by atoms with Gasteiger partial charge in [0.05, 0.1) is 0 Å². The molecule has 8 heavy (non-hydrogen) atoms. The molecule has 0 radical (unpaired) electrons. The molecule has 0 saturated carbocycles. The first-order valence-corrected chi connectivity index (χ1v) is 8.92. The molecule has 0 aromatic heterocycles. The Labute approximate surface area is 69.8 Å². The summed E-state index contributed by atoms with van der Waals surface area (Å²) in [5.74, 6) is 0. The summed E-state index contributed by atoms with van der Waals surface area (Å²) < 4.78 is 5.52. The first kappa shape index (κ1) is 8.85. The number of amides is 2. The summed E-state index contributed by atoms with van der Waals surface area (Å²) in [5.41, 5.74) is 0. The van der Waals surface area contributed by atoms with E-state index in [0.29, 0.717) is 0 Å². The summed E-state index contributed by atoms with van der Waals surface area (Å²) in [6.07, 6.45) is 0. The Morgan fingerprint density at radius 1 is 1.25 bits per heavy atom. The Kier molecular flexibility index (Phi) is 6.61. The van der Waals surface area contributed by atoms with Crippen LogP contribution in [0, 0.1) is 0 Å². The number of rotatable bonds is 2. The molecule has 0 aliphatic rings. The summed E-state index contributed by atoms with van der Waals surface area (Å²) in [5, 5.41) is 0. The monoisotopic (exact) mass is 348 g/mol. The van der Waals surface area contributed by atoms with Crippen LogP contribution in [0.1, 0.15) is 0 Å². The topological polar surface area (TPSA) is 41.1 Å². The van der Waals surface area contributed by atoms with E-state index < -0.39 is 0 Å². The van der Waals surface area contributed by atoms with Crippen molar-refractivity contribution in [3.8, 4) is 0 Å². The SMILES string of the molecule is C[Te]NC(=O)N[Te]C. The van der Waals surface area contributed by atoms with E-state index in [1.807, 2.05) is 9.94 Å².